The van der Waals surface area contributed by atoms with E-state index in [0.717, 1.165) is 6.07 Å². The van der Waals surface area contributed by atoms with E-state index in [9.17, 15) is 27.6 Å². The van der Waals surface area contributed by atoms with Crippen LogP contribution >= 0.6 is 10.7 Å². The Kier molecular flexibility index (Phi) is 3.49. The van der Waals surface area contributed by atoms with E-state index >= 15 is 0 Å². The number of carbonyl (C=O) groups is 4. The minimum absolute atomic E-state index is 0.0148. The first kappa shape index (κ1) is 15.6. The maximum Gasteiger partial charge on any atom is 0.263 e. The Bertz CT molecular complexity index is 878. The molecule has 1 aromatic carbocycles. The third-order valence-electron chi connectivity index (χ3n) is 3.69. The highest BCUT2D eigenvalue weighted by atomic mass is 35.7. The van der Waals surface area contributed by atoms with Gasteiger partial charge in [-0.15, -0.1) is 0 Å². The molecule has 120 valence electrons. The van der Waals surface area contributed by atoms with Crippen LogP contribution < -0.4 is 5.32 Å². The van der Waals surface area contributed by atoms with Gasteiger partial charge in [0.1, 0.15) is 6.04 Å². The third-order valence-corrected chi connectivity index (χ3v) is 5.06. The Morgan fingerprint density at radius 3 is 2.43 bits per heavy atom. The normalized spacial score (nSPS) is 21.4. The van der Waals surface area contributed by atoms with E-state index in [-0.39, 0.29) is 24.0 Å². The molecule has 0 bridgehead atoms. The lowest BCUT2D eigenvalue weighted by atomic mass is 10.0. The van der Waals surface area contributed by atoms with Crippen molar-refractivity contribution in [1.29, 1.82) is 0 Å². The van der Waals surface area contributed by atoms with Crippen molar-refractivity contribution in [3.8, 4) is 0 Å². The molecule has 1 fully saturated rings. The van der Waals surface area contributed by atoms with Crippen molar-refractivity contribution in [1.82, 2.24) is 10.2 Å². The van der Waals surface area contributed by atoms with Gasteiger partial charge in [0.2, 0.25) is 11.8 Å². The first-order valence-electron chi connectivity index (χ1n) is 6.51. The second-order valence-corrected chi connectivity index (χ2v) is 7.60. The number of piperidine rings is 1. The fourth-order valence-corrected chi connectivity index (χ4v) is 3.76. The molecule has 2 aliphatic heterocycles. The fourth-order valence-electron chi connectivity index (χ4n) is 2.69. The zero-order valence-electron chi connectivity index (χ0n) is 11.4. The third kappa shape index (κ3) is 2.41. The van der Waals surface area contributed by atoms with E-state index in [1.54, 1.807) is 0 Å². The quantitative estimate of drug-likeness (QED) is 0.589. The lowest BCUT2D eigenvalue weighted by molar-refractivity contribution is -0.136. The minimum Gasteiger partial charge on any atom is -0.295 e. The lowest BCUT2D eigenvalue weighted by Gasteiger charge is -2.27. The van der Waals surface area contributed by atoms with Gasteiger partial charge in [-0.05, 0) is 18.6 Å². The predicted octanol–water partition coefficient (Wildman–Crippen LogP) is 0.0153. The molecule has 0 saturated carbocycles. The van der Waals surface area contributed by atoms with E-state index in [4.69, 9.17) is 10.7 Å². The number of fused-ring (bicyclic) bond motifs is 1. The number of imide groups is 2. The van der Waals surface area contributed by atoms with Crippen LogP contribution in [0, 0.1) is 0 Å². The monoisotopic (exact) mass is 356 g/mol. The summed E-state index contributed by atoms with van der Waals surface area (Å²) in [5.74, 6) is -2.97. The molecule has 0 aliphatic carbocycles. The van der Waals surface area contributed by atoms with Gasteiger partial charge in [-0.25, -0.2) is 8.42 Å². The first-order valence-corrected chi connectivity index (χ1v) is 8.82. The van der Waals surface area contributed by atoms with Gasteiger partial charge < -0.3 is 0 Å². The van der Waals surface area contributed by atoms with Gasteiger partial charge in [-0.3, -0.25) is 29.4 Å². The number of rotatable bonds is 2. The molecule has 1 N–H and O–H groups in total. The topological polar surface area (TPSA) is 118 Å². The number of hydrogen-bond donors (Lipinski definition) is 1. The van der Waals surface area contributed by atoms with Gasteiger partial charge in [-0.2, -0.15) is 0 Å². The molecule has 1 saturated heterocycles. The van der Waals surface area contributed by atoms with Crippen molar-refractivity contribution in [3.05, 3.63) is 29.3 Å². The highest BCUT2D eigenvalue weighted by molar-refractivity contribution is 8.13. The molecule has 1 aromatic rings. The second-order valence-electron chi connectivity index (χ2n) is 5.06. The number of carbonyl (C=O) groups excluding carboxylic acids is 4. The van der Waals surface area contributed by atoms with Gasteiger partial charge in [0.05, 0.1) is 16.0 Å². The zero-order valence-corrected chi connectivity index (χ0v) is 13.0. The molecule has 0 spiro atoms. The zero-order chi connectivity index (χ0) is 16.9. The molecule has 8 nitrogen and oxygen atoms in total. The largest absolute Gasteiger partial charge is 0.295 e. The van der Waals surface area contributed by atoms with Crippen molar-refractivity contribution in [2.75, 3.05) is 0 Å². The van der Waals surface area contributed by atoms with Crippen LogP contribution in [0.1, 0.15) is 33.6 Å². The maximum atomic E-state index is 12.5. The van der Waals surface area contributed by atoms with Crippen LogP contribution in [-0.2, 0) is 18.6 Å². The van der Waals surface area contributed by atoms with Gasteiger partial charge in [0, 0.05) is 17.1 Å². The Labute approximate surface area is 134 Å². The van der Waals surface area contributed by atoms with E-state index in [1.807, 2.05) is 0 Å². The number of nitrogens with zero attached hydrogens (tertiary/aromatic N) is 1. The minimum atomic E-state index is -4.24. The number of halogens is 1. The van der Waals surface area contributed by atoms with Crippen molar-refractivity contribution in [2.24, 2.45) is 0 Å². The van der Waals surface area contributed by atoms with Crippen LogP contribution in [0.25, 0.3) is 0 Å². The molecule has 2 heterocycles. The van der Waals surface area contributed by atoms with Crippen LogP contribution in [0.3, 0.4) is 0 Å². The molecule has 4 amide bonds. The standard InChI is InChI=1S/C13H9ClN2O6S/c14-23(21,22)8-3-1-2-6-10(8)13(20)16(12(6)19)7-4-5-9(17)15-11(7)18/h1-3,7H,4-5H2,(H,15,17,18). The van der Waals surface area contributed by atoms with Crippen molar-refractivity contribution >= 4 is 43.4 Å². The van der Waals surface area contributed by atoms with Crippen molar-refractivity contribution < 1.29 is 27.6 Å². The molecule has 23 heavy (non-hydrogen) atoms. The fraction of sp³-hybridized carbons (Fsp3) is 0.231. The predicted molar refractivity (Wildman–Crippen MR) is 76.2 cm³/mol. The van der Waals surface area contributed by atoms with Crippen LogP contribution in [0.2, 0.25) is 0 Å². The Morgan fingerprint density at radius 2 is 1.83 bits per heavy atom. The first-order chi connectivity index (χ1) is 10.7. The summed E-state index contributed by atoms with van der Waals surface area (Å²) in [4.78, 5) is 48.2. The summed E-state index contributed by atoms with van der Waals surface area (Å²) in [7, 11) is 1.06. The molecule has 2 aliphatic rings. The summed E-state index contributed by atoms with van der Waals surface area (Å²) in [5, 5.41) is 2.05. The summed E-state index contributed by atoms with van der Waals surface area (Å²) in [5.41, 5.74) is -0.487. The van der Waals surface area contributed by atoms with Crippen LogP contribution in [0.15, 0.2) is 23.1 Å². The molecule has 10 heteroatoms. The number of nitrogens with one attached hydrogen (secondary N) is 1. The van der Waals surface area contributed by atoms with Gasteiger partial charge in [-0.1, -0.05) is 6.07 Å². The SMILES string of the molecule is O=C1CCC(N2C(=O)c3cccc(S(=O)(=O)Cl)c3C2=O)C(=O)N1. The highest BCUT2D eigenvalue weighted by Gasteiger charge is 2.46. The molecule has 1 atom stereocenters. The molecule has 1 unspecified atom stereocenters. The summed E-state index contributed by atoms with van der Waals surface area (Å²) in [6.45, 7) is 0. The average Bonchev–Trinajstić information content (AvgIpc) is 2.71. The Balaban J connectivity index is 2.08. The highest BCUT2D eigenvalue weighted by Crippen LogP contribution is 2.32. The molecule has 0 aromatic heterocycles. The van der Waals surface area contributed by atoms with Gasteiger partial charge in [0.15, 0.2) is 0 Å². The van der Waals surface area contributed by atoms with Gasteiger partial charge >= 0.3 is 0 Å². The van der Waals surface area contributed by atoms with E-state index in [0.29, 0.717) is 4.90 Å². The average molecular weight is 357 g/mol. The molecule has 0 radical (unpaired) electrons. The molecular weight excluding hydrogens is 348 g/mol. The molecule has 3 rings (SSSR count). The summed E-state index contributed by atoms with van der Waals surface area (Å²) in [6.07, 6.45) is -0.0381. The second kappa shape index (κ2) is 5.14. The Hall–Kier alpha value is -2.26. The van der Waals surface area contributed by atoms with E-state index in [1.165, 1.54) is 12.1 Å². The van der Waals surface area contributed by atoms with Crippen LogP contribution in [0.4, 0.5) is 0 Å². The van der Waals surface area contributed by atoms with Crippen molar-refractivity contribution in [2.45, 2.75) is 23.8 Å². The summed E-state index contributed by atoms with van der Waals surface area (Å²) in [6, 6.07) is 2.52. The number of benzene rings is 1. The summed E-state index contributed by atoms with van der Waals surface area (Å²) < 4.78 is 23.2. The number of amides is 4. The Morgan fingerprint density at radius 1 is 1.13 bits per heavy atom. The van der Waals surface area contributed by atoms with Gasteiger partial charge in [0.25, 0.3) is 20.9 Å². The number of hydrogen-bond acceptors (Lipinski definition) is 6. The smallest absolute Gasteiger partial charge is 0.263 e. The maximum absolute atomic E-state index is 12.5. The van der Waals surface area contributed by atoms with Crippen molar-refractivity contribution in [3.63, 3.8) is 0 Å². The van der Waals surface area contributed by atoms with Crippen LogP contribution in [-0.4, -0.2) is 43.0 Å². The van der Waals surface area contributed by atoms with Crippen LogP contribution in [0.5, 0.6) is 0 Å². The summed E-state index contributed by atoms with van der Waals surface area (Å²) >= 11 is 0. The van der Waals surface area contributed by atoms with E-state index in [2.05, 4.69) is 5.32 Å². The van der Waals surface area contributed by atoms with E-state index < -0.39 is 43.6 Å². The lowest BCUT2D eigenvalue weighted by Crippen LogP contribution is -2.54. The molecular formula is C13H9ClN2O6S.